The van der Waals surface area contributed by atoms with Crippen LogP contribution >= 0.6 is 0 Å². The van der Waals surface area contributed by atoms with Crippen LogP contribution in [0.5, 0.6) is 11.5 Å². The zero-order valence-corrected chi connectivity index (χ0v) is 22.3. The Kier molecular flexibility index (Phi) is 10.3. The third-order valence-corrected chi connectivity index (χ3v) is 6.25. The Bertz CT molecular complexity index is 1190. The van der Waals surface area contributed by atoms with Gasteiger partial charge in [-0.2, -0.15) is 0 Å². The monoisotopic (exact) mass is 504 g/mol. The number of aliphatic imine (C=N–C) groups is 2. The maximum atomic E-state index is 5.87. The molecule has 38 heavy (non-hydrogen) atoms. The van der Waals surface area contributed by atoms with E-state index in [1.165, 1.54) is 11.1 Å². The average molecular weight is 505 g/mol. The molecule has 0 aliphatic carbocycles. The molecule has 4 nitrogen and oxygen atoms in total. The fourth-order valence-electron chi connectivity index (χ4n) is 3.82. The summed E-state index contributed by atoms with van der Waals surface area (Å²) in [5, 5.41) is 0. The van der Waals surface area contributed by atoms with Crippen molar-refractivity contribution >= 4 is 23.8 Å². The molecule has 0 saturated carbocycles. The van der Waals surface area contributed by atoms with E-state index in [9.17, 15) is 0 Å². The topological polar surface area (TPSA) is 43.2 Å². The van der Waals surface area contributed by atoms with E-state index in [2.05, 4.69) is 72.4 Å². The smallest absolute Gasteiger partial charge is 0.119 e. The molecule has 0 amide bonds. The summed E-state index contributed by atoms with van der Waals surface area (Å²) in [6, 6.07) is 32.7. The minimum atomic E-state index is 0.655. The van der Waals surface area contributed by atoms with E-state index in [-0.39, 0.29) is 0 Å². The van der Waals surface area contributed by atoms with Gasteiger partial charge in [-0.1, -0.05) is 62.4 Å². The lowest BCUT2D eigenvalue weighted by Gasteiger charge is -2.08. The molecule has 4 aromatic rings. The van der Waals surface area contributed by atoms with Crippen molar-refractivity contribution in [2.24, 2.45) is 9.98 Å². The lowest BCUT2D eigenvalue weighted by Crippen LogP contribution is -2.02. The summed E-state index contributed by atoms with van der Waals surface area (Å²) in [6.07, 6.45) is 7.72. The van der Waals surface area contributed by atoms with E-state index in [4.69, 9.17) is 9.47 Å². The summed E-state index contributed by atoms with van der Waals surface area (Å²) in [4.78, 5) is 9.11. The van der Waals surface area contributed by atoms with Gasteiger partial charge in [-0.25, -0.2) is 0 Å². The zero-order chi connectivity index (χ0) is 26.4. The van der Waals surface area contributed by atoms with Crippen LogP contribution in [0.25, 0.3) is 0 Å². The molecule has 4 aromatic carbocycles. The molecule has 0 bridgehead atoms. The number of unbranched alkanes of at least 4 members (excludes halogenated alkanes) is 1. The lowest BCUT2D eigenvalue weighted by atomic mass is 10.1. The van der Waals surface area contributed by atoms with E-state index < -0.39 is 0 Å². The first kappa shape index (κ1) is 26.9. The van der Waals surface area contributed by atoms with Crippen molar-refractivity contribution in [3.05, 3.63) is 119 Å². The quantitative estimate of drug-likeness (QED) is 0.135. The number of aryl methyl sites for hydroxylation is 2. The highest BCUT2D eigenvalue weighted by atomic mass is 16.5. The fourth-order valence-corrected chi connectivity index (χ4v) is 3.82. The third kappa shape index (κ3) is 8.74. The molecule has 4 rings (SSSR count). The molecule has 0 fully saturated rings. The molecule has 0 saturated heterocycles. The van der Waals surface area contributed by atoms with Crippen molar-refractivity contribution in [1.29, 1.82) is 0 Å². The van der Waals surface area contributed by atoms with Gasteiger partial charge in [0.25, 0.3) is 0 Å². The summed E-state index contributed by atoms with van der Waals surface area (Å²) in [7, 11) is 0. The zero-order valence-electron chi connectivity index (χ0n) is 22.3. The van der Waals surface area contributed by atoms with Crippen LogP contribution in [0.3, 0.4) is 0 Å². The molecule has 4 heteroatoms. The van der Waals surface area contributed by atoms with Crippen LogP contribution in [-0.2, 0) is 12.8 Å². The van der Waals surface area contributed by atoms with E-state index in [0.717, 1.165) is 59.7 Å². The van der Waals surface area contributed by atoms with Crippen LogP contribution in [0.4, 0.5) is 11.4 Å². The standard InChI is InChI=1S/C34H36N2O2/c1-3-27-7-11-29(12-8-27)25-35-31-15-19-33(20-16-31)37-23-5-6-24-38-34-21-17-32(18-22-34)36-26-30-13-9-28(4-2)10-14-30/h7-22,25-26H,3-6,23-24H2,1-2H3. The number of rotatable bonds is 13. The van der Waals surface area contributed by atoms with E-state index in [1.54, 1.807) is 0 Å². The highest BCUT2D eigenvalue weighted by Crippen LogP contribution is 2.20. The van der Waals surface area contributed by atoms with Gasteiger partial charge in [0.2, 0.25) is 0 Å². The van der Waals surface area contributed by atoms with Gasteiger partial charge in [0.05, 0.1) is 24.6 Å². The molecule has 0 radical (unpaired) electrons. The highest BCUT2D eigenvalue weighted by Gasteiger charge is 1.98. The van der Waals surface area contributed by atoms with Gasteiger partial charge in [-0.3, -0.25) is 9.98 Å². The first-order valence-electron chi connectivity index (χ1n) is 13.4. The summed E-state index contributed by atoms with van der Waals surface area (Å²) in [6.45, 7) is 5.63. The normalized spacial score (nSPS) is 11.3. The Morgan fingerprint density at radius 1 is 0.500 bits per heavy atom. The minimum absolute atomic E-state index is 0.655. The molecular weight excluding hydrogens is 468 g/mol. The SMILES string of the molecule is CCc1ccc(C=Nc2ccc(OCCCCOc3ccc(N=Cc4ccc(CC)cc4)cc3)cc2)cc1. The highest BCUT2D eigenvalue weighted by molar-refractivity contribution is 5.82. The van der Waals surface area contributed by atoms with Crippen LogP contribution in [0.1, 0.15) is 48.9 Å². The number of hydrogen-bond acceptors (Lipinski definition) is 4. The van der Waals surface area contributed by atoms with Crippen LogP contribution < -0.4 is 9.47 Å². The lowest BCUT2D eigenvalue weighted by molar-refractivity contribution is 0.266. The first-order chi connectivity index (χ1) is 18.7. The molecule has 0 spiro atoms. The molecule has 0 aliphatic rings. The molecular formula is C34H36N2O2. The van der Waals surface area contributed by atoms with E-state index in [0.29, 0.717) is 13.2 Å². The second-order valence-corrected chi connectivity index (χ2v) is 9.10. The van der Waals surface area contributed by atoms with Gasteiger partial charge >= 0.3 is 0 Å². The maximum absolute atomic E-state index is 5.87. The average Bonchev–Trinajstić information content (AvgIpc) is 2.98. The van der Waals surface area contributed by atoms with Gasteiger partial charge in [0, 0.05) is 12.4 Å². The number of hydrogen-bond donors (Lipinski definition) is 0. The van der Waals surface area contributed by atoms with Crippen LogP contribution in [0.15, 0.2) is 107 Å². The van der Waals surface area contributed by atoms with Crippen molar-refractivity contribution in [3.63, 3.8) is 0 Å². The van der Waals surface area contributed by atoms with Crippen LogP contribution in [0.2, 0.25) is 0 Å². The van der Waals surface area contributed by atoms with Crippen molar-refractivity contribution in [1.82, 2.24) is 0 Å². The molecule has 0 aliphatic heterocycles. The summed E-state index contributed by atoms with van der Waals surface area (Å²) in [5.41, 5.74) is 6.68. The number of benzene rings is 4. The second-order valence-electron chi connectivity index (χ2n) is 9.10. The Hall–Kier alpha value is -4.18. The van der Waals surface area contributed by atoms with E-state index >= 15 is 0 Å². The molecule has 0 aromatic heterocycles. The Morgan fingerprint density at radius 2 is 0.868 bits per heavy atom. The first-order valence-corrected chi connectivity index (χ1v) is 13.4. The molecule has 0 unspecified atom stereocenters. The molecule has 0 heterocycles. The maximum Gasteiger partial charge on any atom is 0.119 e. The Labute approximate surface area is 226 Å². The van der Waals surface area contributed by atoms with Crippen molar-refractivity contribution in [3.8, 4) is 11.5 Å². The summed E-state index contributed by atoms with van der Waals surface area (Å²) >= 11 is 0. The molecule has 194 valence electrons. The second kappa shape index (κ2) is 14.5. The fraction of sp³-hybridized carbons (Fsp3) is 0.235. The number of ether oxygens (including phenoxy) is 2. The van der Waals surface area contributed by atoms with Crippen molar-refractivity contribution < 1.29 is 9.47 Å². The Balaban J connectivity index is 1.11. The van der Waals surface area contributed by atoms with Gasteiger partial charge in [-0.15, -0.1) is 0 Å². The van der Waals surface area contributed by atoms with Gasteiger partial charge in [0.15, 0.2) is 0 Å². The van der Waals surface area contributed by atoms with Crippen molar-refractivity contribution in [2.75, 3.05) is 13.2 Å². The summed E-state index contributed by atoms with van der Waals surface area (Å²) in [5.74, 6) is 1.71. The minimum Gasteiger partial charge on any atom is -0.494 e. The third-order valence-electron chi connectivity index (χ3n) is 6.25. The van der Waals surface area contributed by atoms with Gasteiger partial charge in [-0.05, 0) is 96.5 Å². The van der Waals surface area contributed by atoms with E-state index in [1.807, 2.05) is 61.0 Å². The number of nitrogens with zero attached hydrogens (tertiary/aromatic N) is 2. The van der Waals surface area contributed by atoms with Crippen LogP contribution in [0, 0.1) is 0 Å². The van der Waals surface area contributed by atoms with Crippen LogP contribution in [-0.4, -0.2) is 25.6 Å². The molecule has 0 N–H and O–H groups in total. The largest absolute Gasteiger partial charge is 0.494 e. The molecule has 0 atom stereocenters. The predicted molar refractivity (Wildman–Crippen MR) is 159 cm³/mol. The summed E-state index contributed by atoms with van der Waals surface area (Å²) < 4.78 is 11.7. The van der Waals surface area contributed by atoms with Crippen molar-refractivity contribution in [2.45, 2.75) is 39.5 Å². The Morgan fingerprint density at radius 3 is 1.21 bits per heavy atom. The predicted octanol–water partition coefficient (Wildman–Crippen LogP) is 8.55. The van der Waals surface area contributed by atoms with Gasteiger partial charge in [0.1, 0.15) is 11.5 Å². The van der Waals surface area contributed by atoms with Gasteiger partial charge < -0.3 is 9.47 Å².